The van der Waals surface area contributed by atoms with Crippen LogP contribution in [0.4, 0.5) is 0 Å². The molecule has 0 N–H and O–H groups in total. The minimum Gasteiger partial charge on any atom is -0.311 e. The molecular weight excluding hydrogens is 300 g/mol. The van der Waals surface area contributed by atoms with Gasteiger partial charge >= 0.3 is 17.1 Å². The molecule has 0 heterocycles. The maximum absolute atomic E-state index is 11.6. The molecule has 106 valence electrons. The Labute approximate surface area is 136 Å². The average molecular weight is 316 g/mol. The average Bonchev–Trinajstić information content (AvgIpc) is 3.20. The SMILES string of the molecule is O=C(/C=C/c1ccccc1)C1=CC[C-]=C1.[C-]1=CC=CC1.[Fe+2]. The van der Waals surface area contributed by atoms with Crippen LogP contribution in [0.15, 0.2) is 72.4 Å². The predicted octanol–water partition coefficient (Wildman–Crippen LogP) is 4.26. The third-order valence-electron chi connectivity index (χ3n) is 2.79. The van der Waals surface area contributed by atoms with Crippen molar-refractivity contribution in [2.24, 2.45) is 0 Å². The molecule has 0 saturated carbocycles. The number of benzene rings is 1. The van der Waals surface area contributed by atoms with E-state index in [2.05, 4.69) is 18.2 Å². The Kier molecular flexibility index (Phi) is 8.11. The fraction of sp³-hybridized carbons (Fsp3) is 0.105. The number of allylic oxidation sites excluding steroid dienone is 9. The van der Waals surface area contributed by atoms with Crippen LogP contribution in [0, 0.1) is 12.2 Å². The molecule has 0 saturated heterocycles. The maximum Gasteiger partial charge on any atom is 2.00 e. The van der Waals surface area contributed by atoms with Gasteiger partial charge in [-0.25, -0.2) is 18.2 Å². The Morgan fingerprint density at radius 1 is 1.10 bits per heavy atom. The fourth-order valence-corrected chi connectivity index (χ4v) is 1.74. The van der Waals surface area contributed by atoms with E-state index in [0.717, 1.165) is 24.0 Å². The van der Waals surface area contributed by atoms with Crippen molar-refractivity contribution < 1.29 is 21.9 Å². The molecule has 0 bridgehead atoms. The number of hydrogen-bond acceptors (Lipinski definition) is 1. The van der Waals surface area contributed by atoms with Crippen LogP contribution < -0.4 is 0 Å². The van der Waals surface area contributed by atoms with E-state index < -0.39 is 0 Å². The number of rotatable bonds is 3. The van der Waals surface area contributed by atoms with Crippen LogP contribution in [0.2, 0.25) is 0 Å². The van der Waals surface area contributed by atoms with Crippen LogP contribution in [0.5, 0.6) is 0 Å². The third kappa shape index (κ3) is 6.39. The standard InChI is InChI=1S/C14H11O.C5H5.Fe/c15-14(13-8-4-5-9-13)11-10-12-6-2-1-3-7-12;1-2-4-5-3-1;/h1-3,6-11H,4H2;1-3H,4H2;/q2*-1;+2/b11-10+;;. The van der Waals surface area contributed by atoms with Crippen molar-refractivity contribution in [1.29, 1.82) is 0 Å². The molecule has 0 aromatic heterocycles. The molecule has 2 aliphatic carbocycles. The number of carbonyl (C=O) groups excluding carboxylic acids is 1. The summed E-state index contributed by atoms with van der Waals surface area (Å²) in [5, 5.41) is 0. The van der Waals surface area contributed by atoms with Crippen LogP contribution in [0.25, 0.3) is 6.08 Å². The van der Waals surface area contributed by atoms with Crippen LogP contribution in [0.3, 0.4) is 0 Å². The van der Waals surface area contributed by atoms with Crippen LogP contribution in [0.1, 0.15) is 18.4 Å². The molecule has 2 aliphatic rings. The molecule has 1 aromatic carbocycles. The monoisotopic (exact) mass is 316 g/mol. The number of hydrogen-bond donors (Lipinski definition) is 0. The van der Waals surface area contributed by atoms with Crippen LogP contribution in [-0.4, -0.2) is 5.78 Å². The van der Waals surface area contributed by atoms with Gasteiger partial charge in [0, 0.05) is 0 Å². The molecule has 3 rings (SSSR count). The summed E-state index contributed by atoms with van der Waals surface area (Å²) in [4.78, 5) is 11.6. The van der Waals surface area contributed by atoms with Gasteiger partial charge in [-0.2, -0.15) is 12.2 Å². The van der Waals surface area contributed by atoms with E-state index >= 15 is 0 Å². The normalized spacial score (nSPS) is 14.6. The molecule has 0 aliphatic heterocycles. The number of carbonyl (C=O) groups is 1. The molecule has 0 amide bonds. The van der Waals surface area contributed by atoms with Gasteiger partial charge in [0.25, 0.3) is 0 Å². The topological polar surface area (TPSA) is 17.1 Å². The first-order valence-electron chi connectivity index (χ1n) is 6.62. The zero-order valence-electron chi connectivity index (χ0n) is 11.6. The van der Waals surface area contributed by atoms with E-state index in [9.17, 15) is 4.79 Å². The van der Waals surface area contributed by atoms with Gasteiger partial charge in [-0.15, -0.1) is 18.4 Å². The van der Waals surface area contributed by atoms with E-state index in [-0.39, 0.29) is 22.9 Å². The molecular formula is C19H16FeO. The smallest absolute Gasteiger partial charge is 0.311 e. The second-order valence-electron chi connectivity index (χ2n) is 4.32. The zero-order chi connectivity index (χ0) is 14.0. The van der Waals surface area contributed by atoms with Gasteiger partial charge < -0.3 is 4.79 Å². The summed E-state index contributed by atoms with van der Waals surface area (Å²) < 4.78 is 0. The van der Waals surface area contributed by atoms with E-state index in [0.29, 0.717) is 0 Å². The largest absolute Gasteiger partial charge is 2.00 e. The summed E-state index contributed by atoms with van der Waals surface area (Å²) >= 11 is 0. The second kappa shape index (κ2) is 9.93. The van der Waals surface area contributed by atoms with Crippen molar-refractivity contribution in [3.05, 3.63) is 90.1 Å². The van der Waals surface area contributed by atoms with Crippen molar-refractivity contribution in [3.8, 4) is 0 Å². The predicted molar refractivity (Wildman–Crippen MR) is 82.6 cm³/mol. The van der Waals surface area contributed by atoms with Crippen LogP contribution in [-0.2, 0) is 21.9 Å². The first-order chi connectivity index (χ1) is 9.86. The number of ketones is 1. The molecule has 0 atom stereocenters. The van der Waals surface area contributed by atoms with Gasteiger partial charge in [0.2, 0.25) is 0 Å². The van der Waals surface area contributed by atoms with E-state index in [1.54, 1.807) is 12.2 Å². The molecule has 1 nitrogen and oxygen atoms in total. The summed E-state index contributed by atoms with van der Waals surface area (Å²) in [5.41, 5.74) is 1.78. The Morgan fingerprint density at radius 3 is 2.43 bits per heavy atom. The minimum absolute atomic E-state index is 0. The summed E-state index contributed by atoms with van der Waals surface area (Å²) in [5.74, 6) is 0.0452. The molecule has 21 heavy (non-hydrogen) atoms. The Morgan fingerprint density at radius 2 is 1.90 bits per heavy atom. The minimum atomic E-state index is 0. The first kappa shape index (κ1) is 17.2. The molecule has 2 heteroatoms. The molecule has 1 aromatic rings. The summed E-state index contributed by atoms with van der Waals surface area (Å²) in [6, 6.07) is 9.79. The summed E-state index contributed by atoms with van der Waals surface area (Å²) in [6.07, 6.45) is 20.8. The van der Waals surface area contributed by atoms with Gasteiger partial charge in [0.15, 0.2) is 0 Å². The van der Waals surface area contributed by atoms with Crippen molar-refractivity contribution in [1.82, 2.24) is 0 Å². The fourth-order valence-electron chi connectivity index (χ4n) is 1.74. The van der Waals surface area contributed by atoms with Crippen molar-refractivity contribution in [3.63, 3.8) is 0 Å². The Hall–Kier alpha value is -1.89. The van der Waals surface area contributed by atoms with Crippen molar-refractivity contribution in [2.75, 3.05) is 0 Å². The molecule has 0 unspecified atom stereocenters. The third-order valence-corrected chi connectivity index (χ3v) is 2.79. The quantitative estimate of drug-likeness (QED) is 0.462. The van der Waals surface area contributed by atoms with E-state index in [1.165, 1.54) is 0 Å². The molecule has 0 radical (unpaired) electrons. The van der Waals surface area contributed by atoms with Gasteiger partial charge in [-0.1, -0.05) is 36.4 Å². The van der Waals surface area contributed by atoms with Crippen molar-refractivity contribution in [2.45, 2.75) is 12.8 Å². The Balaban J connectivity index is 0.000000313. The second-order valence-corrected chi connectivity index (χ2v) is 4.32. The van der Waals surface area contributed by atoms with E-state index in [4.69, 9.17) is 0 Å². The molecule has 0 fully saturated rings. The van der Waals surface area contributed by atoms with Crippen LogP contribution >= 0.6 is 0 Å². The van der Waals surface area contributed by atoms with Gasteiger partial charge in [-0.05, 0) is 11.6 Å². The molecule has 0 spiro atoms. The Bertz CT molecular complexity index is 579. The summed E-state index contributed by atoms with van der Waals surface area (Å²) in [6.45, 7) is 0. The first-order valence-corrected chi connectivity index (χ1v) is 6.62. The van der Waals surface area contributed by atoms with Gasteiger partial charge in [-0.3, -0.25) is 12.2 Å². The van der Waals surface area contributed by atoms with E-state index in [1.807, 2.05) is 54.6 Å². The van der Waals surface area contributed by atoms with Gasteiger partial charge in [0.05, 0.1) is 0 Å². The zero-order valence-corrected chi connectivity index (χ0v) is 12.7. The summed E-state index contributed by atoms with van der Waals surface area (Å²) in [7, 11) is 0. The van der Waals surface area contributed by atoms with Gasteiger partial charge in [0.1, 0.15) is 5.78 Å². The van der Waals surface area contributed by atoms with Crippen molar-refractivity contribution >= 4 is 11.9 Å². The maximum atomic E-state index is 11.6.